The minimum Gasteiger partial charge on any atom is -0.756 e. The van der Waals surface area contributed by atoms with Gasteiger partial charge in [-0.1, -0.05) is 41.6 Å². The second-order valence-corrected chi connectivity index (χ2v) is 32.7. The summed E-state index contributed by atoms with van der Waals surface area (Å²) in [4.78, 5) is 31.8. The molecule has 0 atom stereocenters. The monoisotopic (exact) mass is 1360 g/mol. The van der Waals surface area contributed by atoms with Crippen LogP contribution in [0, 0.1) is 0 Å². The van der Waals surface area contributed by atoms with Crippen LogP contribution in [0.4, 0.5) is 0 Å². The molecule has 0 aromatic heterocycles. The molecule has 0 aromatic carbocycles. The van der Waals surface area contributed by atoms with Crippen molar-refractivity contribution in [3.63, 3.8) is 0 Å². The molecule has 0 unspecified atom stereocenters. The first-order valence-electron chi connectivity index (χ1n) is 21.6. The van der Waals surface area contributed by atoms with E-state index in [-0.39, 0.29) is 82.8 Å². The second-order valence-electron chi connectivity index (χ2n) is 24.4. The summed E-state index contributed by atoms with van der Waals surface area (Å²) >= 11 is 12.4. The molecule has 448 valence electrons. The summed E-state index contributed by atoms with van der Waals surface area (Å²) in [6.07, 6.45) is 0. The number of rotatable bonds is 12. The summed E-state index contributed by atoms with van der Waals surface area (Å²) in [6.45, 7) is 51.7. The van der Waals surface area contributed by atoms with Crippen LogP contribution in [0.5, 0.6) is 0 Å². The summed E-state index contributed by atoms with van der Waals surface area (Å²) in [6, 6.07) is -0.233. The van der Waals surface area contributed by atoms with E-state index in [2.05, 4.69) is 22.6 Å². The van der Waals surface area contributed by atoms with E-state index < -0.39 is 95.6 Å². The number of halogens is 4. The molecular formula is C43H102Cl3IKO20P5. The Bertz CT molecular complexity index is 1420. The van der Waals surface area contributed by atoms with Crippen LogP contribution < -0.4 is 61.2 Å². The maximum Gasteiger partial charge on any atom is 1.00 e. The van der Waals surface area contributed by atoms with Crippen molar-refractivity contribution in [3.8, 4) is 0 Å². The van der Waals surface area contributed by atoms with Crippen molar-refractivity contribution in [1.29, 1.82) is 0 Å². The summed E-state index contributed by atoms with van der Waals surface area (Å²) in [5.41, 5.74) is -6.43. The minimum absolute atomic E-state index is 0. The van der Waals surface area contributed by atoms with Gasteiger partial charge in [-0.05, 0) is 208 Å². The Hall–Kier alpha value is 3.66. The van der Waals surface area contributed by atoms with Crippen LogP contribution >= 0.6 is 97.7 Å². The predicted molar refractivity (Wildman–Crippen MR) is 303 cm³/mol. The van der Waals surface area contributed by atoms with Crippen LogP contribution in [0.25, 0.3) is 0 Å². The van der Waals surface area contributed by atoms with Gasteiger partial charge in [-0.2, -0.15) is 0 Å². The minimum atomic E-state index is -4.19. The quantitative estimate of drug-likeness (QED) is 0.0822. The molecule has 0 heterocycles. The van der Waals surface area contributed by atoms with Crippen molar-refractivity contribution >= 4 is 97.7 Å². The van der Waals surface area contributed by atoms with E-state index in [1.807, 2.05) is 41.5 Å². The van der Waals surface area contributed by atoms with Crippen LogP contribution in [0.3, 0.4) is 0 Å². The van der Waals surface area contributed by atoms with Gasteiger partial charge in [0.2, 0.25) is 0 Å². The maximum absolute atomic E-state index is 12.1. The molecule has 0 saturated heterocycles. The van der Waals surface area contributed by atoms with Gasteiger partial charge in [-0.25, -0.2) is 9.13 Å². The fourth-order valence-electron chi connectivity index (χ4n) is 3.36. The van der Waals surface area contributed by atoms with Gasteiger partial charge >= 0.3 is 75.3 Å². The molecule has 0 spiro atoms. The molecule has 3 N–H and O–H groups in total. The van der Waals surface area contributed by atoms with Crippen molar-refractivity contribution in [2.45, 2.75) is 271 Å². The van der Waals surface area contributed by atoms with E-state index in [1.165, 1.54) is 0 Å². The van der Waals surface area contributed by atoms with Gasteiger partial charge in [0.25, 0.3) is 15.6 Å². The molecule has 0 fully saturated rings. The van der Waals surface area contributed by atoms with Crippen molar-refractivity contribution in [2.75, 3.05) is 9.95 Å². The van der Waals surface area contributed by atoms with E-state index >= 15 is 0 Å². The first-order valence-corrected chi connectivity index (χ1v) is 31.2. The molecule has 0 aromatic rings. The topological polar surface area (TPSA) is 285 Å². The van der Waals surface area contributed by atoms with Gasteiger partial charge in [-0.3, -0.25) is 31.7 Å². The first kappa shape index (κ1) is 98.8. The number of alkyl halides is 3. The van der Waals surface area contributed by atoms with Gasteiger partial charge in [0.1, 0.15) is 17.3 Å². The first-order chi connectivity index (χ1) is 29.2. The Morgan fingerprint density at radius 1 is 0.438 bits per heavy atom. The summed E-state index contributed by atoms with van der Waals surface area (Å²) in [5.74, 6) is 0. The second kappa shape index (κ2) is 39.2. The molecule has 0 saturated carbocycles. The summed E-state index contributed by atoms with van der Waals surface area (Å²) in [5, 5.41) is 0. The zero-order valence-corrected chi connectivity index (χ0v) is 61.6. The summed E-state index contributed by atoms with van der Waals surface area (Å²) < 4.78 is 112. The number of hydrogen-bond donors (Lipinski definition) is 1. The average molecular weight is 1370 g/mol. The predicted octanol–water partition coefficient (Wildman–Crippen LogP) is 13.0. The Kier molecular flexibility index (Phi) is 53.1. The third-order valence-corrected chi connectivity index (χ3v) is 12.3. The van der Waals surface area contributed by atoms with E-state index in [1.54, 1.807) is 166 Å². The molecule has 0 aliphatic heterocycles. The van der Waals surface area contributed by atoms with Crippen molar-refractivity contribution < 1.29 is 144 Å². The fourth-order valence-corrected chi connectivity index (χ4v) is 10.4. The SMILES string of the molecule is C.CC(C)(C)OP(=O)(O)OC(C)(C)C.CC(C)(C)OP(=O)(OCCl)OC(C)(C)C.CC(C)(C)OP(=O)([O-])OC(C)(C)C.CC(C)(C)OP(=O)([O-])OC(C)(C)C.CC(C)(C)O[P+](=O)OC(C)(C)C.Cl.ClCI.O.[K+]. The van der Waals surface area contributed by atoms with Crippen LogP contribution in [-0.4, -0.2) is 76.3 Å². The van der Waals surface area contributed by atoms with E-state index in [4.69, 9.17) is 73.0 Å². The van der Waals surface area contributed by atoms with Gasteiger partial charge in [-0.15, -0.1) is 33.1 Å². The van der Waals surface area contributed by atoms with Crippen molar-refractivity contribution in [1.82, 2.24) is 0 Å². The summed E-state index contributed by atoms with van der Waals surface area (Å²) in [7, 11) is -17.9. The zero-order chi connectivity index (χ0) is 57.8. The molecule has 20 nitrogen and oxygen atoms in total. The van der Waals surface area contributed by atoms with Crippen LogP contribution in [0.15, 0.2) is 0 Å². The number of hydrogen-bond acceptors (Lipinski definition) is 18. The van der Waals surface area contributed by atoms with Gasteiger partial charge in [0, 0.05) is 4.57 Å². The molecule has 0 bridgehead atoms. The van der Waals surface area contributed by atoms with Crippen LogP contribution in [0.1, 0.15) is 215 Å². The van der Waals surface area contributed by atoms with E-state index in [9.17, 15) is 37.5 Å². The van der Waals surface area contributed by atoms with E-state index in [0.717, 1.165) is 0 Å². The van der Waals surface area contributed by atoms with Crippen molar-refractivity contribution in [3.05, 3.63) is 0 Å². The van der Waals surface area contributed by atoms with Crippen LogP contribution in [-0.2, 0) is 72.6 Å². The molecule has 73 heavy (non-hydrogen) atoms. The Morgan fingerprint density at radius 2 is 0.603 bits per heavy atom. The Balaban J connectivity index is -0.0000000827. The van der Waals surface area contributed by atoms with Gasteiger partial charge in [0.05, 0.1) is 48.7 Å². The third kappa shape index (κ3) is 95.2. The largest absolute Gasteiger partial charge is 1.00 e. The number of phosphoric acid groups is 4. The Labute approximate surface area is 517 Å². The van der Waals surface area contributed by atoms with Crippen LogP contribution in [0.2, 0.25) is 0 Å². The zero-order valence-electron chi connectivity index (χ0n) is 49.5. The number of phosphoric ester groups is 4. The molecule has 0 aliphatic rings. The maximum atomic E-state index is 12.1. The van der Waals surface area contributed by atoms with Gasteiger partial charge in [0.15, 0.2) is 0 Å². The molecule has 0 rings (SSSR count). The molecule has 0 amide bonds. The third-order valence-electron chi connectivity index (χ3n) is 4.00. The van der Waals surface area contributed by atoms with Gasteiger partial charge < -0.3 is 38.3 Å². The fraction of sp³-hybridized carbons (Fsp3) is 1.00. The Morgan fingerprint density at radius 3 is 0.726 bits per heavy atom. The standard InChI is InChI=1S/C9H20ClO4P.3C8H19O4P.C8H18O3P.CH2ClI.CH4.ClH.K.H2O/c1-8(2,3)13-15(11,12-7-10)14-9(4,5)6;3*1-7(2,3)11-13(9,10)12-8(4,5)6;1-7(2,3)10-12(9)11-8(4,5)6;2-1-3;;;;/h7H2,1-6H3;3*1-6H3,(H,9,10);1-6H3;1H2;1H4;1H;;1H2/q;;;;+1;;;;+1;/p-2. The normalized spacial score (nSPS) is 13.2. The molecule has 30 heteroatoms. The molecule has 0 radical (unpaired) electrons. The van der Waals surface area contributed by atoms with E-state index in [0.29, 0.717) is 3.89 Å². The smallest absolute Gasteiger partial charge is 0.756 e. The van der Waals surface area contributed by atoms with Crippen molar-refractivity contribution in [2.24, 2.45) is 0 Å². The average Bonchev–Trinajstić information content (AvgIpc) is 2.81. The molecular weight excluding hydrogens is 1260 g/mol. The molecule has 0 aliphatic carbocycles.